The summed E-state index contributed by atoms with van der Waals surface area (Å²) in [6.45, 7) is 0. The molecule has 0 atom stereocenters. The molecular formula is C13H11O. The zero-order valence-corrected chi connectivity index (χ0v) is 7.81. The van der Waals surface area contributed by atoms with Gasteiger partial charge < -0.3 is 4.74 Å². The minimum atomic E-state index is 0.804. The van der Waals surface area contributed by atoms with E-state index in [4.69, 9.17) is 4.74 Å². The third-order valence-electron chi connectivity index (χ3n) is 2.13. The molecule has 14 heavy (non-hydrogen) atoms. The van der Waals surface area contributed by atoms with Gasteiger partial charge in [0.25, 0.3) is 0 Å². The van der Waals surface area contributed by atoms with E-state index < -0.39 is 0 Å². The Balaban J connectivity index is 2.51. The summed E-state index contributed by atoms with van der Waals surface area (Å²) < 4.78 is 5.05. The van der Waals surface area contributed by atoms with Gasteiger partial charge in [0.15, 0.2) is 0 Å². The molecule has 0 bridgehead atoms. The van der Waals surface area contributed by atoms with E-state index in [-0.39, 0.29) is 0 Å². The molecule has 2 rings (SSSR count). The van der Waals surface area contributed by atoms with Crippen molar-refractivity contribution in [2.24, 2.45) is 0 Å². The van der Waals surface area contributed by atoms with E-state index in [2.05, 4.69) is 19.2 Å². The molecule has 0 N–H and O–H groups in total. The molecule has 1 radical (unpaired) electrons. The lowest BCUT2D eigenvalue weighted by Gasteiger charge is -2.07. The first kappa shape index (κ1) is 8.82. The average molecular weight is 183 g/mol. The standard InChI is InChI=1S/C13H11O/c1-14-13-10-6-5-9-12(13)11-7-3-2-4-8-11/h2-10H,1H2. The molecule has 0 saturated carbocycles. The molecule has 1 heteroatoms. The van der Waals surface area contributed by atoms with E-state index in [0.29, 0.717) is 0 Å². The molecule has 2 aromatic carbocycles. The predicted molar refractivity (Wildman–Crippen MR) is 57.9 cm³/mol. The molecule has 0 aromatic heterocycles. The number of benzene rings is 2. The van der Waals surface area contributed by atoms with Gasteiger partial charge in [0.05, 0.1) is 0 Å². The smallest absolute Gasteiger partial charge is 0.127 e. The van der Waals surface area contributed by atoms with Crippen LogP contribution in [0.15, 0.2) is 54.6 Å². The summed E-state index contributed by atoms with van der Waals surface area (Å²) in [6.07, 6.45) is 0. The van der Waals surface area contributed by atoms with E-state index >= 15 is 0 Å². The molecule has 0 spiro atoms. The molecule has 0 amide bonds. The van der Waals surface area contributed by atoms with Crippen LogP contribution >= 0.6 is 0 Å². The number of para-hydroxylation sites is 1. The molecule has 2 aromatic rings. The predicted octanol–water partition coefficient (Wildman–Crippen LogP) is 3.52. The summed E-state index contributed by atoms with van der Waals surface area (Å²) in [5, 5.41) is 0. The number of ether oxygens (including phenoxy) is 1. The maximum Gasteiger partial charge on any atom is 0.127 e. The molecule has 0 aliphatic heterocycles. The van der Waals surface area contributed by atoms with E-state index in [1.807, 2.05) is 42.5 Å². The molecule has 0 aliphatic carbocycles. The van der Waals surface area contributed by atoms with Crippen LogP contribution in [0.1, 0.15) is 0 Å². The van der Waals surface area contributed by atoms with Crippen LogP contribution in [0, 0.1) is 7.11 Å². The van der Waals surface area contributed by atoms with Crippen LogP contribution in [0.3, 0.4) is 0 Å². The molecule has 0 aliphatic rings. The summed E-state index contributed by atoms with van der Waals surface area (Å²) >= 11 is 0. The first-order valence-corrected chi connectivity index (χ1v) is 4.48. The number of rotatable bonds is 2. The molecule has 69 valence electrons. The minimum absolute atomic E-state index is 0.804. The van der Waals surface area contributed by atoms with Gasteiger partial charge in [0, 0.05) is 5.56 Å². The Kier molecular flexibility index (Phi) is 2.50. The van der Waals surface area contributed by atoms with Gasteiger partial charge in [-0.2, -0.15) is 0 Å². The van der Waals surface area contributed by atoms with Gasteiger partial charge in [-0.3, -0.25) is 0 Å². The van der Waals surface area contributed by atoms with Crippen LogP contribution in [0.2, 0.25) is 0 Å². The first-order valence-electron chi connectivity index (χ1n) is 4.48. The minimum Gasteiger partial charge on any atom is -0.489 e. The quantitative estimate of drug-likeness (QED) is 0.692. The van der Waals surface area contributed by atoms with Crippen molar-refractivity contribution in [3.05, 3.63) is 61.7 Å². The highest BCUT2D eigenvalue weighted by Crippen LogP contribution is 2.28. The molecule has 0 fully saturated rings. The van der Waals surface area contributed by atoms with Crippen LogP contribution in [0.4, 0.5) is 0 Å². The second-order valence-corrected chi connectivity index (χ2v) is 3.01. The van der Waals surface area contributed by atoms with E-state index in [9.17, 15) is 0 Å². The Morgan fingerprint density at radius 2 is 1.43 bits per heavy atom. The van der Waals surface area contributed by atoms with Gasteiger partial charge in [-0.05, 0) is 11.6 Å². The molecule has 0 heterocycles. The van der Waals surface area contributed by atoms with Gasteiger partial charge in [-0.15, -0.1) is 0 Å². The van der Waals surface area contributed by atoms with Gasteiger partial charge in [0.1, 0.15) is 12.9 Å². The van der Waals surface area contributed by atoms with E-state index in [0.717, 1.165) is 16.9 Å². The van der Waals surface area contributed by atoms with Crippen LogP contribution < -0.4 is 4.74 Å². The highest BCUT2D eigenvalue weighted by molar-refractivity contribution is 5.70. The zero-order chi connectivity index (χ0) is 9.80. The Morgan fingerprint density at radius 3 is 2.14 bits per heavy atom. The molecule has 1 nitrogen and oxygen atoms in total. The summed E-state index contributed by atoms with van der Waals surface area (Å²) in [7, 11) is 3.44. The van der Waals surface area contributed by atoms with Crippen molar-refractivity contribution in [2.45, 2.75) is 0 Å². The lowest BCUT2D eigenvalue weighted by Crippen LogP contribution is -1.84. The topological polar surface area (TPSA) is 9.23 Å². The monoisotopic (exact) mass is 183 g/mol. The Morgan fingerprint density at radius 1 is 0.786 bits per heavy atom. The van der Waals surface area contributed by atoms with Crippen LogP contribution in [0.25, 0.3) is 11.1 Å². The highest BCUT2D eigenvalue weighted by Gasteiger charge is 2.02. The normalized spacial score (nSPS) is 9.79. The van der Waals surface area contributed by atoms with Crippen LogP contribution in [-0.2, 0) is 0 Å². The Bertz CT molecular complexity index is 407. The fourth-order valence-corrected chi connectivity index (χ4v) is 1.45. The summed E-state index contributed by atoms with van der Waals surface area (Å²) in [6, 6.07) is 18.0. The number of hydrogen-bond donors (Lipinski definition) is 0. The van der Waals surface area contributed by atoms with Crippen molar-refractivity contribution in [3.8, 4) is 16.9 Å². The van der Waals surface area contributed by atoms with Gasteiger partial charge in [-0.1, -0.05) is 48.5 Å². The van der Waals surface area contributed by atoms with Crippen molar-refractivity contribution in [1.29, 1.82) is 0 Å². The number of hydrogen-bond acceptors (Lipinski definition) is 1. The zero-order valence-electron chi connectivity index (χ0n) is 7.81. The fourth-order valence-electron chi connectivity index (χ4n) is 1.45. The lowest BCUT2D eigenvalue weighted by molar-refractivity contribution is 0.475. The largest absolute Gasteiger partial charge is 0.489 e. The van der Waals surface area contributed by atoms with Crippen molar-refractivity contribution in [2.75, 3.05) is 0 Å². The summed E-state index contributed by atoms with van der Waals surface area (Å²) in [5.41, 5.74) is 2.22. The maximum absolute atomic E-state index is 5.05. The second-order valence-electron chi connectivity index (χ2n) is 3.01. The fraction of sp³-hybridized carbons (Fsp3) is 0. The van der Waals surface area contributed by atoms with Gasteiger partial charge in [0.2, 0.25) is 0 Å². The van der Waals surface area contributed by atoms with E-state index in [1.165, 1.54) is 0 Å². The first-order chi connectivity index (χ1) is 6.92. The maximum atomic E-state index is 5.05. The second kappa shape index (κ2) is 3.97. The molecule has 0 saturated heterocycles. The van der Waals surface area contributed by atoms with Crippen molar-refractivity contribution >= 4 is 0 Å². The Hall–Kier alpha value is -1.76. The van der Waals surface area contributed by atoms with E-state index in [1.54, 1.807) is 0 Å². The Labute approximate surface area is 84.0 Å². The molecule has 0 unspecified atom stereocenters. The van der Waals surface area contributed by atoms with Crippen LogP contribution in [0.5, 0.6) is 5.75 Å². The average Bonchev–Trinajstić information content (AvgIpc) is 2.30. The summed E-state index contributed by atoms with van der Waals surface area (Å²) in [5.74, 6) is 0.804. The third-order valence-corrected chi connectivity index (χ3v) is 2.13. The highest BCUT2D eigenvalue weighted by atomic mass is 16.5. The lowest BCUT2D eigenvalue weighted by atomic mass is 10.1. The third kappa shape index (κ3) is 1.62. The SMILES string of the molecule is [CH2]Oc1ccccc1-c1ccccc1. The van der Waals surface area contributed by atoms with Crippen LogP contribution in [-0.4, -0.2) is 0 Å². The van der Waals surface area contributed by atoms with Gasteiger partial charge >= 0.3 is 0 Å². The van der Waals surface area contributed by atoms with Gasteiger partial charge in [-0.25, -0.2) is 0 Å². The summed E-state index contributed by atoms with van der Waals surface area (Å²) in [4.78, 5) is 0. The van der Waals surface area contributed by atoms with Crippen molar-refractivity contribution in [1.82, 2.24) is 0 Å². The van der Waals surface area contributed by atoms with Crippen molar-refractivity contribution in [3.63, 3.8) is 0 Å². The molecular weight excluding hydrogens is 172 g/mol. The van der Waals surface area contributed by atoms with Crippen molar-refractivity contribution < 1.29 is 4.74 Å².